The largest absolute Gasteiger partial charge is 0.382 e. The number of anilines is 2. The molecule has 1 aliphatic carbocycles. The first-order valence-electron chi connectivity index (χ1n) is 6.33. The summed E-state index contributed by atoms with van der Waals surface area (Å²) in [6.45, 7) is 0. The molecule has 1 saturated carbocycles. The average Bonchev–Trinajstić information content (AvgIpc) is 2.97. The lowest BCUT2D eigenvalue weighted by molar-refractivity contribution is 0.108. The number of nitrogens with zero attached hydrogens (tertiary/aromatic N) is 2. The molecular weight excluding hydrogens is 300 g/mol. The van der Waals surface area contributed by atoms with Crippen LogP contribution in [0.4, 0.5) is 10.8 Å². The van der Waals surface area contributed by atoms with Gasteiger partial charge in [0.2, 0.25) is 10.0 Å². The van der Waals surface area contributed by atoms with Gasteiger partial charge in [-0.3, -0.25) is 0 Å². The topological polar surface area (TPSA) is 97.5 Å². The van der Waals surface area contributed by atoms with Gasteiger partial charge in [-0.15, -0.1) is 0 Å². The first-order chi connectivity index (χ1) is 9.36. The Hall–Kier alpha value is -0.900. The fourth-order valence-corrected chi connectivity index (χ4v) is 4.43. The molecule has 1 aliphatic rings. The van der Waals surface area contributed by atoms with Gasteiger partial charge in [0, 0.05) is 27.2 Å². The van der Waals surface area contributed by atoms with Crippen molar-refractivity contribution in [2.24, 2.45) is 0 Å². The third-order valence-electron chi connectivity index (χ3n) is 3.47. The number of nitrogens with one attached hydrogen (secondary N) is 1. The van der Waals surface area contributed by atoms with Gasteiger partial charge in [0.05, 0.1) is 6.10 Å². The van der Waals surface area contributed by atoms with Gasteiger partial charge < -0.3 is 15.8 Å². The Morgan fingerprint density at radius 1 is 1.45 bits per heavy atom. The summed E-state index contributed by atoms with van der Waals surface area (Å²) in [4.78, 5) is 0.0772. The number of sulfonamides is 1. The van der Waals surface area contributed by atoms with Crippen molar-refractivity contribution in [1.82, 2.24) is 8.68 Å². The lowest BCUT2D eigenvalue weighted by atomic mass is 10.2. The van der Waals surface area contributed by atoms with E-state index in [1.807, 2.05) is 0 Å². The molecule has 0 aromatic carbocycles. The minimum atomic E-state index is -3.59. The molecular formula is C11H20N4O3S2. The standard InChI is InChI=1S/C11H20N4O3S2/c1-15(2)20(16,17)9-10(12)14-19-11(9)13-7-4-5-8(6-7)18-3/h7-8,13H,4-6H2,1-3H3,(H2,12,14). The summed E-state index contributed by atoms with van der Waals surface area (Å²) >= 11 is 1.08. The summed E-state index contributed by atoms with van der Waals surface area (Å²) in [5.41, 5.74) is 5.72. The highest BCUT2D eigenvalue weighted by atomic mass is 32.2. The molecule has 2 rings (SSSR count). The van der Waals surface area contributed by atoms with Crippen molar-refractivity contribution in [3.8, 4) is 0 Å². The zero-order valence-electron chi connectivity index (χ0n) is 11.8. The molecule has 1 aromatic rings. The van der Waals surface area contributed by atoms with Gasteiger partial charge in [-0.2, -0.15) is 4.37 Å². The summed E-state index contributed by atoms with van der Waals surface area (Å²) in [7, 11) is 1.06. The van der Waals surface area contributed by atoms with E-state index in [-0.39, 0.29) is 22.9 Å². The van der Waals surface area contributed by atoms with E-state index >= 15 is 0 Å². The Balaban J connectivity index is 2.22. The van der Waals surface area contributed by atoms with Crippen LogP contribution in [0.1, 0.15) is 19.3 Å². The van der Waals surface area contributed by atoms with Crippen LogP contribution in [0.25, 0.3) is 0 Å². The van der Waals surface area contributed by atoms with Crippen molar-refractivity contribution in [2.45, 2.75) is 36.3 Å². The maximum absolute atomic E-state index is 12.3. The molecule has 114 valence electrons. The van der Waals surface area contributed by atoms with Gasteiger partial charge in [-0.1, -0.05) is 0 Å². The van der Waals surface area contributed by atoms with Gasteiger partial charge in [0.1, 0.15) is 5.00 Å². The normalized spacial score (nSPS) is 23.4. The maximum atomic E-state index is 12.3. The smallest absolute Gasteiger partial charge is 0.249 e. The molecule has 1 aromatic heterocycles. The van der Waals surface area contributed by atoms with E-state index in [1.54, 1.807) is 7.11 Å². The molecule has 0 bridgehead atoms. The summed E-state index contributed by atoms with van der Waals surface area (Å²) in [5.74, 6) is 0.0486. The fourth-order valence-electron chi connectivity index (χ4n) is 2.29. The second kappa shape index (κ2) is 5.84. The minimum Gasteiger partial charge on any atom is -0.382 e. The number of hydrogen-bond acceptors (Lipinski definition) is 7. The van der Waals surface area contributed by atoms with Gasteiger partial charge in [-0.05, 0) is 30.8 Å². The van der Waals surface area contributed by atoms with E-state index in [0.717, 1.165) is 35.1 Å². The van der Waals surface area contributed by atoms with Gasteiger partial charge in [0.15, 0.2) is 10.7 Å². The Bertz CT molecular complexity index is 570. The zero-order valence-corrected chi connectivity index (χ0v) is 13.4. The van der Waals surface area contributed by atoms with Crippen LogP contribution in [-0.2, 0) is 14.8 Å². The van der Waals surface area contributed by atoms with E-state index in [4.69, 9.17) is 10.5 Å². The van der Waals surface area contributed by atoms with E-state index in [2.05, 4.69) is 9.69 Å². The first-order valence-corrected chi connectivity index (χ1v) is 8.54. The van der Waals surface area contributed by atoms with E-state index in [9.17, 15) is 8.42 Å². The molecule has 3 N–H and O–H groups in total. The molecule has 2 unspecified atom stereocenters. The molecule has 2 atom stereocenters. The lowest BCUT2D eigenvalue weighted by Crippen LogP contribution is -2.25. The molecule has 1 fully saturated rings. The number of hydrogen-bond donors (Lipinski definition) is 2. The van der Waals surface area contributed by atoms with Crippen molar-refractivity contribution in [2.75, 3.05) is 32.3 Å². The van der Waals surface area contributed by atoms with Crippen LogP contribution in [0.5, 0.6) is 0 Å². The Morgan fingerprint density at radius 3 is 2.70 bits per heavy atom. The monoisotopic (exact) mass is 320 g/mol. The van der Waals surface area contributed by atoms with Gasteiger partial charge >= 0.3 is 0 Å². The average molecular weight is 320 g/mol. The van der Waals surface area contributed by atoms with Crippen molar-refractivity contribution < 1.29 is 13.2 Å². The molecule has 0 aliphatic heterocycles. The number of ether oxygens (including phenoxy) is 1. The van der Waals surface area contributed by atoms with E-state index in [1.165, 1.54) is 14.1 Å². The third kappa shape index (κ3) is 2.90. The molecule has 9 heteroatoms. The van der Waals surface area contributed by atoms with Crippen LogP contribution in [0.3, 0.4) is 0 Å². The van der Waals surface area contributed by atoms with E-state index < -0.39 is 10.0 Å². The van der Waals surface area contributed by atoms with E-state index in [0.29, 0.717) is 5.00 Å². The summed E-state index contributed by atoms with van der Waals surface area (Å²) in [6.07, 6.45) is 3.00. The number of nitrogen functional groups attached to an aromatic ring is 1. The zero-order chi connectivity index (χ0) is 14.9. The molecule has 0 spiro atoms. The van der Waals surface area contributed by atoms with Crippen molar-refractivity contribution >= 4 is 32.4 Å². The van der Waals surface area contributed by atoms with Crippen LogP contribution >= 0.6 is 11.5 Å². The van der Waals surface area contributed by atoms with Crippen LogP contribution in [0, 0.1) is 0 Å². The second-order valence-electron chi connectivity index (χ2n) is 5.03. The summed E-state index contributed by atoms with van der Waals surface area (Å²) in [6, 6.07) is 0.191. The fraction of sp³-hybridized carbons (Fsp3) is 0.727. The van der Waals surface area contributed by atoms with Crippen molar-refractivity contribution in [3.05, 3.63) is 0 Å². The third-order valence-corrected chi connectivity index (χ3v) is 6.28. The van der Waals surface area contributed by atoms with Crippen LogP contribution in [0.2, 0.25) is 0 Å². The predicted octanol–water partition coefficient (Wildman–Crippen LogP) is 0.955. The van der Waals surface area contributed by atoms with Gasteiger partial charge in [-0.25, -0.2) is 12.7 Å². The quantitative estimate of drug-likeness (QED) is 0.838. The highest BCUT2D eigenvalue weighted by Crippen LogP contribution is 2.35. The predicted molar refractivity (Wildman–Crippen MR) is 79.5 cm³/mol. The van der Waals surface area contributed by atoms with Gasteiger partial charge in [0.25, 0.3) is 0 Å². The molecule has 0 radical (unpaired) electrons. The van der Waals surface area contributed by atoms with Crippen LogP contribution in [0.15, 0.2) is 4.90 Å². The molecule has 1 heterocycles. The molecule has 0 amide bonds. The molecule has 0 saturated heterocycles. The Kier molecular flexibility index (Phi) is 4.52. The van der Waals surface area contributed by atoms with Crippen molar-refractivity contribution in [3.63, 3.8) is 0 Å². The Labute approximate surface area is 123 Å². The highest BCUT2D eigenvalue weighted by Gasteiger charge is 2.31. The Morgan fingerprint density at radius 2 is 2.15 bits per heavy atom. The number of rotatable bonds is 5. The molecule has 20 heavy (non-hydrogen) atoms. The minimum absolute atomic E-state index is 0.0486. The van der Waals surface area contributed by atoms with Crippen LogP contribution < -0.4 is 11.1 Å². The highest BCUT2D eigenvalue weighted by molar-refractivity contribution is 7.89. The first kappa shape index (κ1) is 15.5. The van der Waals surface area contributed by atoms with Crippen LogP contribution in [-0.4, -0.2) is 50.4 Å². The molecule has 7 nitrogen and oxygen atoms in total. The second-order valence-corrected chi connectivity index (χ2v) is 7.89. The lowest BCUT2D eigenvalue weighted by Gasteiger charge is -2.16. The SMILES string of the molecule is COC1CCC(Nc2snc(N)c2S(=O)(=O)N(C)C)C1. The number of methoxy groups -OCH3 is 1. The van der Waals surface area contributed by atoms with Crippen molar-refractivity contribution in [1.29, 1.82) is 0 Å². The summed E-state index contributed by atoms with van der Waals surface area (Å²) in [5, 5.41) is 3.76. The number of aromatic nitrogens is 1. The summed E-state index contributed by atoms with van der Waals surface area (Å²) < 4.78 is 35.0. The number of nitrogens with two attached hydrogens (primary N) is 1. The maximum Gasteiger partial charge on any atom is 0.249 e.